The number of fused-ring (bicyclic) bond motifs is 1. The monoisotopic (exact) mass is 334 g/mol. The molecule has 2 aliphatic rings. The highest BCUT2D eigenvalue weighted by atomic mass is 16.5. The number of carbonyl (C=O) groups excluding carboxylic acids is 2. The van der Waals surface area contributed by atoms with E-state index in [1.807, 2.05) is 4.90 Å². The molecule has 0 spiro atoms. The Hall–Kier alpha value is -2.12. The van der Waals surface area contributed by atoms with Crippen molar-refractivity contribution in [1.29, 1.82) is 0 Å². The van der Waals surface area contributed by atoms with Crippen molar-refractivity contribution in [3.8, 4) is 5.75 Å². The standard InChI is InChI=1S/C17H22N2O5/c20-16(18-22)13-2-3-14-11-19(6-1-7-24-15(14)10-13)17(21)12-4-8-23-9-5-12/h2-3,10,12,22H,1,4-9,11H2,(H,18,20). The number of rotatable bonds is 2. The number of carbonyl (C=O) groups is 2. The van der Waals surface area contributed by atoms with Crippen LogP contribution >= 0.6 is 0 Å². The van der Waals surface area contributed by atoms with Crippen LogP contribution in [0.3, 0.4) is 0 Å². The van der Waals surface area contributed by atoms with Gasteiger partial charge in [-0.3, -0.25) is 14.8 Å². The van der Waals surface area contributed by atoms with Gasteiger partial charge in [0.25, 0.3) is 5.91 Å². The van der Waals surface area contributed by atoms with Crippen molar-refractivity contribution in [2.45, 2.75) is 25.8 Å². The summed E-state index contributed by atoms with van der Waals surface area (Å²) in [5, 5.41) is 8.75. The molecule has 3 rings (SSSR count). The van der Waals surface area contributed by atoms with E-state index in [2.05, 4.69) is 0 Å². The van der Waals surface area contributed by atoms with E-state index in [1.165, 1.54) is 0 Å². The Bertz CT molecular complexity index is 613. The Labute approximate surface area is 140 Å². The van der Waals surface area contributed by atoms with E-state index in [0.29, 0.717) is 44.2 Å². The number of benzene rings is 1. The zero-order valence-corrected chi connectivity index (χ0v) is 13.5. The van der Waals surface area contributed by atoms with Gasteiger partial charge in [0, 0.05) is 43.3 Å². The van der Waals surface area contributed by atoms with Gasteiger partial charge in [-0.05, 0) is 31.4 Å². The number of hydroxylamine groups is 1. The number of amides is 2. The minimum Gasteiger partial charge on any atom is -0.493 e. The normalized spacial score (nSPS) is 18.8. The maximum atomic E-state index is 12.8. The van der Waals surface area contributed by atoms with E-state index in [1.54, 1.807) is 23.7 Å². The number of hydrogen-bond acceptors (Lipinski definition) is 5. The first kappa shape index (κ1) is 16.7. The highest BCUT2D eigenvalue weighted by Gasteiger charge is 2.27. The Morgan fingerprint density at radius 3 is 2.75 bits per heavy atom. The van der Waals surface area contributed by atoms with E-state index >= 15 is 0 Å². The van der Waals surface area contributed by atoms with Crippen LogP contribution in [0.25, 0.3) is 0 Å². The average Bonchev–Trinajstić information content (AvgIpc) is 2.61. The van der Waals surface area contributed by atoms with Crippen LogP contribution in [-0.4, -0.2) is 48.3 Å². The fraction of sp³-hybridized carbons (Fsp3) is 0.529. The number of nitrogens with zero attached hydrogens (tertiary/aromatic N) is 1. The van der Waals surface area contributed by atoms with Crippen LogP contribution in [0, 0.1) is 5.92 Å². The predicted molar refractivity (Wildman–Crippen MR) is 84.8 cm³/mol. The summed E-state index contributed by atoms with van der Waals surface area (Å²) in [5.74, 6) is 0.199. The summed E-state index contributed by atoms with van der Waals surface area (Å²) in [6.45, 7) is 2.89. The lowest BCUT2D eigenvalue weighted by atomic mass is 9.98. The average molecular weight is 334 g/mol. The van der Waals surface area contributed by atoms with Crippen LogP contribution in [0.15, 0.2) is 18.2 Å². The quantitative estimate of drug-likeness (QED) is 0.629. The number of ether oxygens (including phenoxy) is 2. The van der Waals surface area contributed by atoms with E-state index in [-0.39, 0.29) is 11.8 Å². The van der Waals surface area contributed by atoms with Gasteiger partial charge < -0.3 is 14.4 Å². The molecule has 2 N–H and O–H groups in total. The molecule has 1 aromatic carbocycles. The largest absolute Gasteiger partial charge is 0.493 e. The van der Waals surface area contributed by atoms with Crippen molar-refractivity contribution in [3.05, 3.63) is 29.3 Å². The third kappa shape index (κ3) is 3.68. The summed E-state index contributed by atoms with van der Waals surface area (Å²) < 4.78 is 11.1. The molecule has 2 amide bonds. The van der Waals surface area contributed by atoms with Crippen molar-refractivity contribution < 1.29 is 24.3 Å². The first-order valence-corrected chi connectivity index (χ1v) is 8.25. The molecule has 0 atom stereocenters. The van der Waals surface area contributed by atoms with Crippen LogP contribution in [0.2, 0.25) is 0 Å². The molecule has 1 aromatic rings. The molecular formula is C17H22N2O5. The second kappa shape index (κ2) is 7.63. The van der Waals surface area contributed by atoms with Crippen LogP contribution < -0.4 is 10.2 Å². The fourth-order valence-electron chi connectivity index (χ4n) is 3.14. The molecule has 0 bridgehead atoms. The first-order chi connectivity index (χ1) is 11.7. The van der Waals surface area contributed by atoms with E-state index in [0.717, 1.165) is 24.8 Å². The third-order valence-corrected chi connectivity index (χ3v) is 4.50. The molecule has 24 heavy (non-hydrogen) atoms. The second-order valence-corrected chi connectivity index (χ2v) is 6.11. The number of nitrogens with one attached hydrogen (secondary N) is 1. The topological polar surface area (TPSA) is 88.1 Å². The lowest BCUT2D eigenvalue weighted by Crippen LogP contribution is -2.39. The molecule has 0 radical (unpaired) electrons. The summed E-state index contributed by atoms with van der Waals surface area (Å²) in [6.07, 6.45) is 2.29. The third-order valence-electron chi connectivity index (χ3n) is 4.50. The molecule has 1 saturated heterocycles. The molecular weight excluding hydrogens is 312 g/mol. The predicted octanol–water partition coefficient (Wildman–Crippen LogP) is 1.34. The van der Waals surface area contributed by atoms with Gasteiger partial charge in [0.05, 0.1) is 6.61 Å². The van der Waals surface area contributed by atoms with Gasteiger partial charge in [-0.1, -0.05) is 6.07 Å². The highest BCUT2D eigenvalue weighted by molar-refractivity contribution is 5.93. The Morgan fingerprint density at radius 2 is 2.00 bits per heavy atom. The zero-order valence-electron chi connectivity index (χ0n) is 13.5. The van der Waals surface area contributed by atoms with Gasteiger partial charge in [-0.15, -0.1) is 0 Å². The number of hydrogen-bond donors (Lipinski definition) is 2. The Morgan fingerprint density at radius 1 is 1.21 bits per heavy atom. The van der Waals surface area contributed by atoms with Gasteiger partial charge in [0.2, 0.25) is 5.91 Å². The molecule has 0 aliphatic carbocycles. The van der Waals surface area contributed by atoms with E-state index < -0.39 is 5.91 Å². The Kier molecular flexibility index (Phi) is 5.32. The first-order valence-electron chi connectivity index (χ1n) is 8.25. The molecule has 0 aromatic heterocycles. The lowest BCUT2D eigenvalue weighted by molar-refractivity contribution is -0.139. The fourth-order valence-corrected chi connectivity index (χ4v) is 3.14. The van der Waals surface area contributed by atoms with Gasteiger partial charge in [-0.2, -0.15) is 0 Å². The smallest absolute Gasteiger partial charge is 0.274 e. The molecule has 2 heterocycles. The Balaban J connectivity index is 1.78. The van der Waals surface area contributed by atoms with Gasteiger partial charge in [-0.25, -0.2) is 5.48 Å². The van der Waals surface area contributed by atoms with E-state index in [4.69, 9.17) is 14.7 Å². The lowest BCUT2D eigenvalue weighted by Gasteiger charge is -2.31. The summed E-state index contributed by atoms with van der Waals surface area (Å²) >= 11 is 0. The van der Waals surface area contributed by atoms with Crippen LogP contribution in [0.1, 0.15) is 35.2 Å². The molecule has 1 fully saturated rings. The molecule has 0 unspecified atom stereocenters. The van der Waals surface area contributed by atoms with Crippen LogP contribution in [0.5, 0.6) is 5.75 Å². The molecule has 7 heteroatoms. The molecule has 2 aliphatic heterocycles. The van der Waals surface area contributed by atoms with Crippen molar-refractivity contribution in [3.63, 3.8) is 0 Å². The summed E-state index contributed by atoms with van der Waals surface area (Å²) in [7, 11) is 0. The van der Waals surface area contributed by atoms with Gasteiger partial charge in [0.15, 0.2) is 0 Å². The van der Waals surface area contributed by atoms with Crippen LogP contribution in [0.4, 0.5) is 0 Å². The van der Waals surface area contributed by atoms with Gasteiger partial charge in [0.1, 0.15) is 5.75 Å². The molecule has 0 saturated carbocycles. The van der Waals surface area contributed by atoms with E-state index in [9.17, 15) is 9.59 Å². The van der Waals surface area contributed by atoms with Crippen molar-refractivity contribution in [1.82, 2.24) is 10.4 Å². The van der Waals surface area contributed by atoms with Crippen molar-refractivity contribution in [2.75, 3.05) is 26.4 Å². The molecule has 130 valence electrons. The minimum absolute atomic E-state index is 0.0296. The summed E-state index contributed by atoms with van der Waals surface area (Å²) in [4.78, 5) is 26.2. The maximum absolute atomic E-state index is 12.8. The zero-order chi connectivity index (χ0) is 16.9. The minimum atomic E-state index is -0.585. The van der Waals surface area contributed by atoms with Crippen LogP contribution in [-0.2, 0) is 16.1 Å². The van der Waals surface area contributed by atoms with Crippen molar-refractivity contribution >= 4 is 11.8 Å². The molecule has 7 nitrogen and oxygen atoms in total. The highest BCUT2D eigenvalue weighted by Crippen LogP contribution is 2.26. The van der Waals surface area contributed by atoms with Crippen molar-refractivity contribution in [2.24, 2.45) is 5.92 Å². The maximum Gasteiger partial charge on any atom is 0.274 e. The second-order valence-electron chi connectivity index (χ2n) is 6.11. The summed E-state index contributed by atoms with van der Waals surface area (Å²) in [6, 6.07) is 4.99. The van der Waals surface area contributed by atoms with Gasteiger partial charge >= 0.3 is 0 Å². The SMILES string of the molecule is O=C(NO)c1ccc2c(c1)OCCCN(C(=O)C1CCOCC1)C2. The summed E-state index contributed by atoms with van der Waals surface area (Å²) in [5.41, 5.74) is 2.80.